The molecule has 107 valence electrons. The lowest BCUT2D eigenvalue weighted by Gasteiger charge is -2.39. The SMILES string of the molecule is CCCOC1(C2=C[CH]2)CCC(c2ccc(F)cc2)CC1. The first-order valence-corrected chi connectivity index (χ1v) is 7.68. The third kappa shape index (κ3) is 2.80. The molecule has 1 aromatic carbocycles. The monoisotopic (exact) mass is 273 g/mol. The van der Waals surface area contributed by atoms with Crippen LogP contribution in [-0.4, -0.2) is 12.2 Å². The number of halogens is 1. The van der Waals surface area contributed by atoms with Crippen LogP contribution in [-0.2, 0) is 4.74 Å². The highest BCUT2D eigenvalue weighted by molar-refractivity contribution is 5.47. The van der Waals surface area contributed by atoms with E-state index in [4.69, 9.17) is 4.74 Å². The van der Waals surface area contributed by atoms with Gasteiger partial charge in [0.1, 0.15) is 5.82 Å². The molecule has 1 fully saturated rings. The zero-order chi connectivity index (χ0) is 14.0. The van der Waals surface area contributed by atoms with Crippen LogP contribution >= 0.6 is 0 Å². The van der Waals surface area contributed by atoms with Crippen molar-refractivity contribution in [1.82, 2.24) is 0 Å². The normalized spacial score (nSPS) is 29.1. The smallest absolute Gasteiger partial charge is 0.123 e. The minimum atomic E-state index is -0.150. The molecule has 2 heteroatoms. The lowest BCUT2D eigenvalue weighted by atomic mass is 9.74. The summed E-state index contributed by atoms with van der Waals surface area (Å²) < 4.78 is 19.2. The van der Waals surface area contributed by atoms with Crippen molar-refractivity contribution in [2.45, 2.75) is 50.5 Å². The van der Waals surface area contributed by atoms with Crippen molar-refractivity contribution >= 4 is 0 Å². The van der Waals surface area contributed by atoms with E-state index in [9.17, 15) is 4.39 Å². The van der Waals surface area contributed by atoms with Crippen LogP contribution in [0.3, 0.4) is 0 Å². The molecule has 1 nitrogen and oxygen atoms in total. The molecular formula is C18H22FO. The number of allylic oxidation sites excluding steroid dienone is 1. The molecule has 3 rings (SSSR count). The Kier molecular flexibility index (Phi) is 3.93. The average molecular weight is 273 g/mol. The average Bonchev–Trinajstić information content (AvgIpc) is 3.32. The van der Waals surface area contributed by atoms with E-state index in [1.54, 1.807) is 12.1 Å². The van der Waals surface area contributed by atoms with Gasteiger partial charge < -0.3 is 4.74 Å². The minimum absolute atomic E-state index is 0.0213. The third-order valence-electron chi connectivity index (χ3n) is 4.58. The van der Waals surface area contributed by atoms with Crippen LogP contribution in [0.5, 0.6) is 0 Å². The topological polar surface area (TPSA) is 9.23 Å². The van der Waals surface area contributed by atoms with Crippen molar-refractivity contribution in [1.29, 1.82) is 0 Å². The molecule has 0 unspecified atom stereocenters. The Bertz CT molecular complexity index is 481. The van der Waals surface area contributed by atoms with Gasteiger partial charge in [-0.1, -0.05) is 25.1 Å². The van der Waals surface area contributed by atoms with E-state index in [2.05, 4.69) is 19.4 Å². The van der Waals surface area contributed by atoms with E-state index in [1.807, 2.05) is 12.1 Å². The molecule has 20 heavy (non-hydrogen) atoms. The van der Waals surface area contributed by atoms with E-state index >= 15 is 0 Å². The largest absolute Gasteiger partial charge is 0.371 e. The van der Waals surface area contributed by atoms with Crippen molar-refractivity contribution in [3.63, 3.8) is 0 Å². The van der Waals surface area contributed by atoms with E-state index in [0.29, 0.717) is 5.92 Å². The van der Waals surface area contributed by atoms with E-state index in [1.165, 1.54) is 11.1 Å². The molecule has 0 spiro atoms. The maximum atomic E-state index is 13.0. The highest BCUT2D eigenvalue weighted by Gasteiger charge is 2.42. The van der Waals surface area contributed by atoms with Gasteiger partial charge in [-0.3, -0.25) is 0 Å². The number of ether oxygens (including phenoxy) is 1. The summed E-state index contributed by atoms with van der Waals surface area (Å²) in [5, 5.41) is 0. The molecule has 0 aliphatic heterocycles. The second kappa shape index (κ2) is 5.69. The Morgan fingerprint density at radius 2 is 1.85 bits per heavy atom. The summed E-state index contributed by atoms with van der Waals surface area (Å²) >= 11 is 0. The van der Waals surface area contributed by atoms with E-state index in [0.717, 1.165) is 38.7 Å². The Hall–Kier alpha value is -1.15. The summed E-state index contributed by atoms with van der Waals surface area (Å²) in [6, 6.07) is 7.01. The molecule has 0 aromatic heterocycles. The molecule has 0 amide bonds. The Morgan fingerprint density at radius 1 is 1.20 bits per heavy atom. The fourth-order valence-corrected chi connectivity index (χ4v) is 3.31. The maximum Gasteiger partial charge on any atom is 0.123 e. The van der Waals surface area contributed by atoms with Gasteiger partial charge in [-0.15, -0.1) is 0 Å². The van der Waals surface area contributed by atoms with Crippen LogP contribution in [0.25, 0.3) is 0 Å². The molecule has 2 aliphatic rings. The highest BCUT2D eigenvalue weighted by atomic mass is 19.1. The van der Waals surface area contributed by atoms with Crippen molar-refractivity contribution in [3.8, 4) is 0 Å². The van der Waals surface area contributed by atoms with Gasteiger partial charge in [0.25, 0.3) is 0 Å². The van der Waals surface area contributed by atoms with Gasteiger partial charge in [-0.05, 0) is 61.3 Å². The summed E-state index contributed by atoms with van der Waals surface area (Å²) in [7, 11) is 0. The number of rotatable bonds is 5. The number of hydrogen-bond acceptors (Lipinski definition) is 1. The van der Waals surface area contributed by atoms with Gasteiger partial charge in [0.05, 0.1) is 5.60 Å². The van der Waals surface area contributed by atoms with Gasteiger partial charge in [0, 0.05) is 13.0 Å². The van der Waals surface area contributed by atoms with E-state index < -0.39 is 0 Å². The van der Waals surface area contributed by atoms with E-state index in [-0.39, 0.29) is 11.4 Å². The zero-order valence-electron chi connectivity index (χ0n) is 12.1. The predicted octanol–water partition coefficient (Wildman–Crippen LogP) is 4.79. The second-order valence-corrected chi connectivity index (χ2v) is 5.96. The van der Waals surface area contributed by atoms with Crippen LogP contribution in [0.15, 0.2) is 35.9 Å². The molecule has 0 N–H and O–H groups in total. The lowest BCUT2D eigenvalue weighted by molar-refractivity contribution is -0.0406. The second-order valence-electron chi connectivity index (χ2n) is 5.96. The maximum absolute atomic E-state index is 13.0. The molecule has 0 atom stereocenters. The van der Waals surface area contributed by atoms with Gasteiger partial charge >= 0.3 is 0 Å². The fraction of sp³-hybridized carbons (Fsp3) is 0.500. The molecule has 1 radical (unpaired) electrons. The molecule has 0 heterocycles. The summed E-state index contributed by atoms with van der Waals surface area (Å²) in [6.45, 7) is 3.00. The van der Waals surface area contributed by atoms with Crippen LogP contribution in [0.1, 0.15) is 50.5 Å². The molecule has 1 aromatic rings. The highest BCUT2D eigenvalue weighted by Crippen LogP contribution is 2.48. The first-order valence-electron chi connectivity index (χ1n) is 7.68. The third-order valence-corrected chi connectivity index (χ3v) is 4.58. The van der Waals surface area contributed by atoms with Crippen molar-refractivity contribution in [3.05, 3.63) is 53.7 Å². The van der Waals surface area contributed by atoms with Gasteiger partial charge in [0.2, 0.25) is 0 Å². The quantitative estimate of drug-likeness (QED) is 0.749. The first kappa shape index (κ1) is 13.8. The van der Waals surface area contributed by atoms with Crippen molar-refractivity contribution < 1.29 is 9.13 Å². The molecule has 2 aliphatic carbocycles. The Morgan fingerprint density at radius 3 is 2.40 bits per heavy atom. The molecule has 1 saturated carbocycles. The van der Waals surface area contributed by atoms with Crippen molar-refractivity contribution in [2.24, 2.45) is 0 Å². The van der Waals surface area contributed by atoms with Crippen LogP contribution in [0.4, 0.5) is 4.39 Å². The zero-order valence-corrected chi connectivity index (χ0v) is 12.1. The Labute approximate surface area is 120 Å². The lowest BCUT2D eigenvalue weighted by Crippen LogP contribution is -2.36. The van der Waals surface area contributed by atoms with Gasteiger partial charge in [-0.25, -0.2) is 4.39 Å². The van der Waals surface area contributed by atoms with Gasteiger partial charge in [0.15, 0.2) is 0 Å². The predicted molar refractivity (Wildman–Crippen MR) is 79.0 cm³/mol. The van der Waals surface area contributed by atoms with Gasteiger partial charge in [-0.2, -0.15) is 0 Å². The van der Waals surface area contributed by atoms with Crippen LogP contribution in [0.2, 0.25) is 0 Å². The number of hydrogen-bond donors (Lipinski definition) is 0. The number of benzene rings is 1. The minimum Gasteiger partial charge on any atom is -0.371 e. The summed E-state index contributed by atoms with van der Waals surface area (Å²) in [5.41, 5.74) is 2.64. The Balaban J connectivity index is 1.65. The van der Waals surface area contributed by atoms with Crippen LogP contribution in [0, 0.1) is 12.2 Å². The standard InChI is InChI=1S/C18H22FO/c1-2-13-20-18(16-5-6-16)11-9-15(10-12-18)14-3-7-17(19)8-4-14/h3-8,15H,2,9-13H2,1H3. The summed E-state index contributed by atoms with van der Waals surface area (Å²) in [6.07, 6.45) is 9.86. The fourth-order valence-electron chi connectivity index (χ4n) is 3.31. The summed E-state index contributed by atoms with van der Waals surface area (Å²) in [5.74, 6) is 0.399. The first-order chi connectivity index (χ1) is 9.73. The van der Waals surface area contributed by atoms with Crippen molar-refractivity contribution in [2.75, 3.05) is 6.61 Å². The molecular weight excluding hydrogens is 251 g/mol. The molecule has 0 saturated heterocycles. The molecule has 0 bridgehead atoms. The summed E-state index contributed by atoms with van der Waals surface area (Å²) in [4.78, 5) is 0. The van der Waals surface area contributed by atoms with Crippen LogP contribution < -0.4 is 0 Å².